The number of amides is 1. The summed E-state index contributed by atoms with van der Waals surface area (Å²) in [7, 11) is 0. The molecule has 0 aromatic carbocycles. The van der Waals surface area contributed by atoms with Gasteiger partial charge in [0.05, 0.1) is 29.4 Å². The van der Waals surface area contributed by atoms with Gasteiger partial charge in [-0.3, -0.25) is 9.78 Å². The Labute approximate surface area is 188 Å². The van der Waals surface area contributed by atoms with Gasteiger partial charge in [0.1, 0.15) is 28.1 Å². The number of hydrogen-bond donors (Lipinski definition) is 2. The molecule has 2 atom stereocenters. The molecule has 4 rings (SSSR count). The molecule has 1 fully saturated rings. The fourth-order valence-electron chi connectivity index (χ4n) is 3.59. The van der Waals surface area contributed by atoms with E-state index < -0.39 is 18.1 Å². The van der Waals surface area contributed by atoms with E-state index in [1.165, 1.54) is 23.7 Å². The molecule has 3 aromatic heterocycles. The molecule has 11 heteroatoms. The van der Waals surface area contributed by atoms with Gasteiger partial charge in [-0.15, -0.1) is 21.5 Å². The van der Waals surface area contributed by atoms with Gasteiger partial charge in [0.25, 0.3) is 5.91 Å². The number of alkyl halides is 1. The number of aromatic nitrogens is 4. The molecule has 3 aromatic rings. The molecule has 4 heterocycles. The van der Waals surface area contributed by atoms with E-state index in [1.807, 2.05) is 17.9 Å². The Morgan fingerprint density at radius 1 is 1.38 bits per heavy atom. The third kappa shape index (κ3) is 4.81. The molecular formula is C21H21FN8OS. The van der Waals surface area contributed by atoms with Crippen LogP contribution in [-0.4, -0.2) is 51.4 Å². The van der Waals surface area contributed by atoms with Crippen molar-refractivity contribution in [2.24, 2.45) is 5.73 Å². The molecule has 9 nitrogen and oxygen atoms in total. The van der Waals surface area contributed by atoms with E-state index in [1.54, 1.807) is 18.2 Å². The van der Waals surface area contributed by atoms with Crippen LogP contribution in [0.3, 0.4) is 0 Å². The van der Waals surface area contributed by atoms with Crippen LogP contribution < -0.4 is 16.0 Å². The minimum atomic E-state index is -1.20. The molecule has 0 unspecified atom stereocenters. The second-order valence-electron chi connectivity index (χ2n) is 7.50. The highest BCUT2D eigenvalue weighted by Gasteiger charge is 2.30. The van der Waals surface area contributed by atoms with Gasteiger partial charge in [-0.25, -0.2) is 9.37 Å². The van der Waals surface area contributed by atoms with Gasteiger partial charge < -0.3 is 16.0 Å². The summed E-state index contributed by atoms with van der Waals surface area (Å²) in [5.74, 6) is -0.00518. The van der Waals surface area contributed by atoms with Crippen molar-refractivity contribution in [1.82, 2.24) is 20.2 Å². The van der Waals surface area contributed by atoms with Crippen molar-refractivity contribution < 1.29 is 9.18 Å². The number of nitriles is 1. The molecular weight excluding hydrogens is 431 g/mol. The number of nitrogens with two attached hydrogens (primary N) is 1. The number of piperidine rings is 1. The minimum absolute atomic E-state index is 0.143. The number of carbonyl (C=O) groups is 1. The number of halogens is 1. The number of primary amides is 1. The van der Waals surface area contributed by atoms with Crippen LogP contribution in [0.5, 0.6) is 0 Å². The van der Waals surface area contributed by atoms with Crippen molar-refractivity contribution in [2.75, 3.05) is 23.3 Å². The zero-order valence-corrected chi connectivity index (χ0v) is 18.1. The lowest BCUT2D eigenvalue weighted by Crippen LogP contribution is -2.48. The fraction of sp³-hybridized carbons (Fsp3) is 0.333. The summed E-state index contributed by atoms with van der Waals surface area (Å²) in [4.78, 5) is 22.3. The van der Waals surface area contributed by atoms with Gasteiger partial charge in [-0.1, -0.05) is 0 Å². The number of aryl methyl sites for hydroxylation is 1. The SMILES string of the molecule is Cc1nnc(Cc2cc(N[C@@H]3CCN(c4ccc(C#N)cn4)C[C@@H]3F)c(C(N)=O)cn2)s1. The third-order valence-corrected chi connectivity index (χ3v) is 6.05. The van der Waals surface area contributed by atoms with Gasteiger partial charge in [0, 0.05) is 31.1 Å². The van der Waals surface area contributed by atoms with Gasteiger partial charge in [-0.05, 0) is 31.5 Å². The summed E-state index contributed by atoms with van der Waals surface area (Å²) in [5.41, 5.74) is 7.32. The number of rotatable bonds is 6. The van der Waals surface area contributed by atoms with Crippen molar-refractivity contribution in [3.8, 4) is 6.07 Å². The zero-order valence-electron chi connectivity index (χ0n) is 17.3. The van der Waals surface area contributed by atoms with E-state index in [2.05, 4.69) is 25.5 Å². The number of hydrogen-bond acceptors (Lipinski definition) is 9. The van der Waals surface area contributed by atoms with Crippen LogP contribution in [0.25, 0.3) is 0 Å². The molecule has 0 aliphatic carbocycles. The molecule has 0 bridgehead atoms. The van der Waals surface area contributed by atoms with Crippen molar-refractivity contribution >= 4 is 28.7 Å². The molecule has 32 heavy (non-hydrogen) atoms. The van der Waals surface area contributed by atoms with Crippen molar-refractivity contribution in [3.63, 3.8) is 0 Å². The van der Waals surface area contributed by atoms with Crippen LogP contribution in [-0.2, 0) is 6.42 Å². The monoisotopic (exact) mass is 452 g/mol. The second kappa shape index (κ2) is 9.23. The number of pyridine rings is 2. The van der Waals surface area contributed by atoms with Gasteiger partial charge >= 0.3 is 0 Å². The highest BCUT2D eigenvalue weighted by molar-refractivity contribution is 7.11. The van der Waals surface area contributed by atoms with E-state index in [-0.39, 0.29) is 12.1 Å². The van der Waals surface area contributed by atoms with Crippen molar-refractivity contribution in [1.29, 1.82) is 5.26 Å². The zero-order chi connectivity index (χ0) is 22.7. The molecule has 164 valence electrons. The maximum Gasteiger partial charge on any atom is 0.252 e. The summed E-state index contributed by atoms with van der Waals surface area (Å²) < 4.78 is 15.1. The van der Waals surface area contributed by atoms with Crippen LogP contribution in [0.4, 0.5) is 15.9 Å². The summed E-state index contributed by atoms with van der Waals surface area (Å²) in [6.45, 7) is 2.59. The predicted octanol–water partition coefficient (Wildman–Crippen LogP) is 2.23. The highest BCUT2D eigenvalue weighted by atomic mass is 32.1. The molecule has 3 N–H and O–H groups in total. The average molecular weight is 453 g/mol. The molecule has 0 radical (unpaired) electrons. The Morgan fingerprint density at radius 3 is 2.84 bits per heavy atom. The molecule has 0 spiro atoms. The Bertz CT molecular complexity index is 1160. The van der Waals surface area contributed by atoms with Gasteiger partial charge in [-0.2, -0.15) is 5.26 Å². The Hall–Kier alpha value is -3.65. The Morgan fingerprint density at radius 2 is 2.22 bits per heavy atom. The average Bonchev–Trinajstić information content (AvgIpc) is 3.19. The van der Waals surface area contributed by atoms with Crippen LogP contribution in [0.15, 0.2) is 30.6 Å². The standard InChI is InChI=1S/C21H21FN8OS/c1-12-28-29-20(32-12)7-14-6-18(15(10-25-14)21(24)31)27-17-4-5-30(11-16(17)22)19-3-2-13(8-23)9-26-19/h2-3,6,9-10,16-17H,4-5,7,11H2,1H3,(H2,24,31)(H,25,27)/t16-,17+/m0/s1. The second-order valence-corrected chi connectivity index (χ2v) is 8.76. The van der Waals surface area contributed by atoms with Crippen molar-refractivity contribution in [2.45, 2.75) is 32.0 Å². The van der Waals surface area contributed by atoms with Gasteiger partial charge in [0.2, 0.25) is 0 Å². The molecule has 1 saturated heterocycles. The molecule has 1 amide bonds. The Kier molecular flexibility index (Phi) is 6.23. The van der Waals surface area contributed by atoms with Crippen LogP contribution in [0, 0.1) is 18.3 Å². The summed E-state index contributed by atoms with van der Waals surface area (Å²) >= 11 is 1.47. The first-order valence-corrected chi connectivity index (χ1v) is 10.8. The first kappa shape index (κ1) is 21.6. The maximum atomic E-state index is 15.1. The topological polar surface area (TPSA) is 134 Å². The lowest BCUT2D eigenvalue weighted by molar-refractivity contribution is 0.100. The van der Waals surface area contributed by atoms with E-state index in [0.29, 0.717) is 42.1 Å². The largest absolute Gasteiger partial charge is 0.378 e. The first-order valence-electron chi connectivity index (χ1n) is 10.0. The summed E-state index contributed by atoms with van der Waals surface area (Å²) in [6.07, 6.45) is 2.64. The lowest BCUT2D eigenvalue weighted by atomic mass is 10.0. The van der Waals surface area contributed by atoms with Crippen LogP contribution in [0.1, 0.15) is 38.1 Å². The summed E-state index contributed by atoms with van der Waals surface area (Å²) in [5, 5.41) is 21.8. The van der Waals surface area contributed by atoms with Crippen LogP contribution in [0.2, 0.25) is 0 Å². The molecule has 1 aliphatic rings. The molecule has 0 saturated carbocycles. The number of anilines is 2. The third-order valence-electron chi connectivity index (χ3n) is 5.21. The first-order chi connectivity index (χ1) is 15.4. The van der Waals surface area contributed by atoms with E-state index in [4.69, 9.17) is 11.0 Å². The maximum absolute atomic E-state index is 15.1. The van der Waals surface area contributed by atoms with E-state index >= 15 is 4.39 Å². The van der Waals surface area contributed by atoms with Crippen LogP contribution >= 0.6 is 11.3 Å². The molecule has 1 aliphatic heterocycles. The van der Waals surface area contributed by atoms with E-state index in [9.17, 15) is 4.79 Å². The Balaban J connectivity index is 1.48. The number of nitrogens with zero attached hydrogens (tertiary/aromatic N) is 6. The van der Waals surface area contributed by atoms with E-state index in [0.717, 1.165) is 10.0 Å². The smallest absolute Gasteiger partial charge is 0.252 e. The highest BCUT2D eigenvalue weighted by Crippen LogP contribution is 2.26. The lowest BCUT2D eigenvalue weighted by Gasteiger charge is -2.36. The van der Waals surface area contributed by atoms with Crippen molar-refractivity contribution in [3.05, 3.63) is 57.4 Å². The fourth-order valence-corrected chi connectivity index (χ4v) is 4.31. The summed E-state index contributed by atoms with van der Waals surface area (Å²) in [6, 6.07) is 6.62. The quantitative estimate of drug-likeness (QED) is 0.582. The normalized spacial score (nSPS) is 18.2. The minimum Gasteiger partial charge on any atom is -0.378 e. The number of carbonyl (C=O) groups excluding carboxylic acids is 1. The predicted molar refractivity (Wildman–Crippen MR) is 118 cm³/mol. The number of nitrogens with one attached hydrogen (secondary N) is 1. The van der Waals surface area contributed by atoms with Gasteiger partial charge in [0.15, 0.2) is 0 Å².